The van der Waals surface area contributed by atoms with E-state index in [0.717, 1.165) is 0 Å². The first-order valence-corrected chi connectivity index (χ1v) is 7.64. The van der Waals surface area contributed by atoms with Crippen LogP contribution in [-0.2, 0) is 9.59 Å². The molecule has 0 saturated carbocycles. The maximum absolute atomic E-state index is 12.7. The summed E-state index contributed by atoms with van der Waals surface area (Å²) in [5.74, 6) is 0.302. The largest absolute Gasteiger partial charge is 0.493 e. The van der Waals surface area contributed by atoms with Crippen LogP contribution in [0.1, 0.15) is 12.5 Å². The summed E-state index contributed by atoms with van der Waals surface area (Å²) in [7, 11) is 4.71. The molecular formula is C17H22N2O5. The number of imide groups is 1. The quantitative estimate of drug-likeness (QED) is 0.741. The molecule has 0 radical (unpaired) electrons. The second-order valence-corrected chi connectivity index (χ2v) is 5.29. The van der Waals surface area contributed by atoms with Crippen molar-refractivity contribution in [1.29, 1.82) is 0 Å². The van der Waals surface area contributed by atoms with Crippen LogP contribution in [0.4, 0.5) is 0 Å². The fraction of sp³-hybridized carbons (Fsp3) is 0.412. The Morgan fingerprint density at radius 3 is 2.33 bits per heavy atom. The Morgan fingerprint density at radius 1 is 1.12 bits per heavy atom. The number of carbonyl (C=O) groups is 2. The molecule has 0 bridgehead atoms. The topological polar surface area (TPSA) is 79.3 Å². The molecule has 1 aliphatic heterocycles. The molecule has 2 amide bonds. The normalized spacial score (nSPS) is 14.5. The van der Waals surface area contributed by atoms with Crippen molar-refractivity contribution in [2.24, 2.45) is 0 Å². The van der Waals surface area contributed by atoms with E-state index >= 15 is 0 Å². The van der Waals surface area contributed by atoms with Gasteiger partial charge in [0.05, 0.1) is 26.4 Å². The van der Waals surface area contributed by atoms with Crippen molar-refractivity contribution in [2.45, 2.75) is 6.92 Å². The minimum atomic E-state index is -0.358. The molecule has 0 spiro atoms. The molecule has 7 heteroatoms. The van der Waals surface area contributed by atoms with E-state index in [-0.39, 0.29) is 37.2 Å². The van der Waals surface area contributed by atoms with E-state index < -0.39 is 0 Å². The van der Waals surface area contributed by atoms with Gasteiger partial charge in [-0.05, 0) is 24.6 Å². The molecule has 1 aromatic carbocycles. The van der Waals surface area contributed by atoms with Crippen LogP contribution >= 0.6 is 0 Å². The molecule has 2 rings (SSSR count). The van der Waals surface area contributed by atoms with Crippen LogP contribution in [0.25, 0.3) is 5.57 Å². The van der Waals surface area contributed by atoms with Gasteiger partial charge in [-0.3, -0.25) is 14.5 Å². The Morgan fingerprint density at radius 2 is 1.79 bits per heavy atom. The van der Waals surface area contributed by atoms with E-state index in [2.05, 4.69) is 0 Å². The predicted octanol–water partition coefficient (Wildman–Crippen LogP) is 0.728. The Hall–Kier alpha value is -2.54. The summed E-state index contributed by atoms with van der Waals surface area (Å²) >= 11 is 0. The van der Waals surface area contributed by atoms with Gasteiger partial charge in [0.15, 0.2) is 11.5 Å². The summed E-state index contributed by atoms with van der Waals surface area (Å²) in [6, 6.07) is 5.08. The van der Waals surface area contributed by atoms with Crippen LogP contribution in [0.3, 0.4) is 0 Å². The highest BCUT2D eigenvalue weighted by molar-refractivity contribution is 6.35. The van der Waals surface area contributed by atoms with E-state index in [1.807, 2.05) is 0 Å². The van der Waals surface area contributed by atoms with Gasteiger partial charge in [-0.25, -0.2) is 0 Å². The van der Waals surface area contributed by atoms with Crippen molar-refractivity contribution in [3.05, 3.63) is 29.5 Å². The zero-order valence-corrected chi connectivity index (χ0v) is 14.3. The first kappa shape index (κ1) is 17.8. The number of aliphatic hydroxyl groups is 1. The van der Waals surface area contributed by atoms with Gasteiger partial charge in [0.2, 0.25) is 0 Å². The van der Waals surface area contributed by atoms with Gasteiger partial charge in [-0.2, -0.15) is 0 Å². The SMILES string of the molecule is CCN1C(=O)C(c2ccc(OC)c(OC)c2)=C(N(C)CCO)C1=O. The molecule has 1 aromatic rings. The summed E-state index contributed by atoms with van der Waals surface area (Å²) in [5.41, 5.74) is 1.16. The van der Waals surface area contributed by atoms with Crippen molar-refractivity contribution in [3.8, 4) is 11.5 Å². The number of carbonyl (C=O) groups excluding carboxylic acids is 2. The van der Waals surface area contributed by atoms with Gasteiger partial charge in [0.1, 0.15) is 5.70 Å². The van der Waals surface area contributed by atoms with Crippen LogP contribution < -0.4 is 9.47 Å². The minimum Gasteiger partial charge on any atom is -0.493 e. The molecule has 0 unspecified atom stereocenters. The van der Waals surface area contributed by atoms with Crippen LogP contribution in [-0.4, -0.2) is 67.7 Å². The number of hydrogen-bond donors (Lipinski definition) is 1. The number of hydrogen-bond acceptors (Lipinski definition) is 6. The minimum absolute atomic E-state index is 0.118. The lowest BCUT2D eigenvalue weighted by atomic mass is 10.0. The first-order chi connectivity index (χ1) is 11.5. The number of aliphatic hydroxyl groups excluding tert-OH is 1. The number of methoxy groups -OCH3 is 2. The third kappa shape index (κ3) is 2.94. The molecule has 1 N–H and O–H groups in total. The monoisotopic (exact) mass is 334 g/mol. The lowest BCUT2D eigenvalue weighted by molar-refractivity contribution is -0.137. The number of likely N-dealkylation sites (N-methyl/N-ethyl adjacent to an activating group) is 2. The first-order valence-electron chi connectivity index (χ1n) is 7.64. The van der Waals surface area contributed by atoms with Crippen LogP contribution in [0.15, 0.2) is 23.9 Å². The van der Waals surface area contributed by atoms with Crippen molar-refractivity contribution in [3.63, 3.8) is 0 Å². The molecule has 0 aromatic heterocycles. The summed E-state index contributed by atoms with van der Waals surface area (Å²) in [4.78, 5) is 28.1. The fourth-order valence-corrected chi connectivity index (χ4v) is 2.72. The molecule has 1 aliphatic rings. The fourth-order valence-electron chi connectivity index (χ4n) is 2.72. The third-order valence-corrected chi connectivity index (χ3v) is 3.95. The van der Waals surface area contributed by atoms with Gasteiger partial charge in [-0.1, -0.05) is 6.07 Å². The number of ether oxygens (including phenoxy) is 2. The average Bonchev–Trinajstić information content (AvgIpc) is 2.84. The summed E-state index contributed by atoms with van der Waals surface area (Å²) in [6.45, 7) is 2.16. The second-order valence-electron chi connectivity index (χ2n) is 5.29. The Balaban J connectivity index is 2.61. The zero-order valence-electron chi connectivity index (χ0n) is 14.3. The van der Waals surface area contributed by atoms with Crippen molar-refractivity contribution < 1.29 is 24.2 Å². The smallest absolute Gasteiger partial charge is 0.277 e. The summed E-state index contributed by atoms with van der Waals surface area (Å²) in [5, 5.41) is 9.17. The van der Waals surface area contributed by atoms with Crippen LogP contribution in [0.2, 0.25) is 0 Å². The molecule has 24 heavy (non-hydrogen) atoms. The number of benzene rings is 1. The highest BCUT2D eigenvalue weighted by atomic mass is 16.5. The maximum Gasteiger partial charge on any atom is 0.277 e. The maximum atomic E-state index is 12.7. The molecule has 0 saturated heterocycles. The molecule has 0 aliphatic carbocycles. The van der Waals surface area contributed by atoms with Crippen LogP contribution in [0.5, 0.6) is 11.5 Å². The molecule has 0 atom stereocenters. The van der Waals surface area contributed by atoms with Gasteiger partial charge in [-0.15, -0.1) is 0 Å². The van der Waals surface area contributed by atoms with E-state index in [1.54, 1.807) is 37.1 Å². The van der Waals surface area contributed by atoms with E-state index in [4.69, 9.17) is 14.6 Å². The van der Waals surface area contributed by atoms with Gasteiger partial charge in [0, 0.05) is 20.1 Å². The Kier molecular flexibility index (Phi) is 5.46. The van der Waals surface area contributed by atoms with E-state index in [9.17, 15) is 9.59 Å². The van der Waals surface area contributed by atoms with Crippen molar-refractivity contribution >= 4 is 17.4 Å². The van der Waals surface area contributed by atoms with Gasteiger partial charge in [0.25, 0.3) is 11.8 Å². The standard InChI is InChI=1S/C17H22N2O5/c1-5-19-16(21)14(15(17(19)22)18(2)8-9-20)11-6-7-12(23-3)13(10-11)24-4/h6-7,10,20H,5,8-9H2,1-4H3. The zero-order chi connectivity index (χ0) is 17.9. The number of rotatable bonds is 7. The average molecular weight is 334 g/mol. The number of amides is 2. The predicted molar refractivity (Wildman–Crippen MR) is 88.6 cm³/mol. The van der Waals surface area contributed by atoms with Crippen molar-refractivity contribution in [1.82, 2.24) is 9.80 Å². The van der Waals surface area contributed by atoms with Gasteiger partial charge < -0.3 is 19.5 Å². The molecule has 1 heterocycles. The highest BCUT2D eigenvalue weighted by Gasteiger charge is 2.40. The molecule has 130 valence electrons. The molecule has 7 nitrogen and oxygen atoms in total. The van der Waals surface area contributed by atoms with Crippen LogP contribution in [0, 0.1) is 0 Å². The molecule has 0 fully saturated rings. The van der Waals surface area contributed by atoms with E-state index in [1.165, 1.54) is 19.1 Å². The Bertz CT molecular complexity index is 684. The number of nitrogens with zero attached hydrogens (tertiary/aromatic N) is 2. The molecular weight excluding hydrogens is 312 g/mol. The van der Waals surface area contributed by atoms with Gasteiger partial charge >= 0.3 is 0 Å². The lowest BCUT2D eigenvalue weighted by Crippen LogP contribution is -2.34. The summed E-state index contributed by atoms with van der Waals surface area (Å²) in [6.07, 6.45) is 0. The second kappa shape index (κ2) is 7.35. The summed E-state index contributed by atoms with van der Waals surface area (Å²) < 4.78 is 10.5. The lowest BCUT2D eigenvalue weighted by Gasteiger charge is -2.20. The van der Waals surface area contributed by atoms with E-state index in [0.29, 0.717) is 22.6 Å². The third-order valence-electron chi connectivity index (χ3n) is 3.95. The Labute approximate surface area is 141 Å². The highest BCUT2D eigenvalue weighted by Crippen LogP contribution is 2.35. The van der Waals surface area contributed by atoms with Crippen molar-refractivity contribution in [2.75, 3.05) is 41.0 Å².